The van der Waals surface area contributed by atoms with Crippen LogP contribution in [-0.2, 0) is 6.54 Å². The van der Waals surface area contributed by atoms with Crippen LogP contribution in [0.2, 0.25) is 0 Å². The topological polar surface area (TPSA) is 112 Å². The number of hydrogen-bond acceptors (Lipinski definition) is 8. The molecular formula is C24H33N3O7. The Bertz CT molecular complexity index is 977. The van der Waals surface area contributed by atoms with E-state index in [-0.39, 0.29) is 29.3 Å². The van der Waals surface area contributed by atoms with Crippen molar-refractivity contribution in [2.45, 2.75) is 27.3 Å². The summed E-state index contributed by atoms with van der Waals surface area (Å²) in [6.07, 6.45) is 0. The largest absolute Gasteiger partial charge is 0.493 e. The molecule has 0 heterocycles. The van der Waals surface area contributed by atoms with E-state index in [4.69, 9.17) is 18.9 Å². The predicted molar refractivity (Wildman–Crippen MR) is 128 cm³/mol. The van der Waals surface area contributed by atoms with Gasteiger partial charge in [0.15, 0.2) is 23.0 Å². The smallest absolute Gasteiger partial charge is 0.286 e. The Morgan fingerprint density at radius 2 is 1.65 bits per heavy atom. The molecular weight excluding hydrogens is 442 g/mol. The summed E-state index contributed by atoms with van der Waals surface area (Å²) in [7, 11) is 2.93. The van der Waals surface area contributed by atoms with Crippen LogP contribution in [0.15, 0.2) is 30.3 Å². The van der Waals surface area contributed by atoms with Gasteiger partial charge in [0.25, 0.3) is 11.6 Å². The Labute approximate surface area is 199 Å². The lowest BCUT2D eigenvalue weighted by atomic mass is 10.1. The molecule has 0 aliphatic carbocycles. The van der Waals surface area contributed by atoms with Gasteiger partial charge in [-0.25, -0.2) is 0 Å². The van der Waals surface area contributed by atoms with Crippen LogP contribution in [0, 0.1) is 10.1 Å². The summed E-state index contributed by atoms with van der Waals surface area (Å²) in [4.78, 5) is 26.0. The van der Waals surface area contributed by atoms with Crippen LogP contribution in [0.5, 0.6) is 23.0 Å². The molecule has 10 heteroatoms. The van der Waals surface area contributed by atoms with E-state index in [2.05, 4.69) is 24.1 Å². The van der Waals surface area contributed by atoms with Crippen molar-refractivity contribution in [3.05, 3.63) is 51.6 Å². The highest BCUT2D eigenvalue weighted by atomic mass is 16.6. The Kier molecular flexibility index (Phi) is 10.4. The summed E-state index contributed by atoms with van der Waals surface area (Å²) < 4.78 is 21.9. The molecule has 0 aliphatic heterocycles. The Morgan fingerprint density at radius 3 is 2.24 bits per heavy atom. The number of hydrogen-bond donors (Lipinski definition) is 1. The number of amides is 1. The average molecular weight is 476 g/mol. The summed E-state index contributed by atoms with van der Waals surface area (Å²) in [5, 5.41) is 14.2. The van der Waals surface area contributed by atoms with E-state index in [1.165, 1.54) is 19.2 Å². The van der Waals surface area contributed by atoms with Gasteiger partial charge in [0.2, 0.25) is 0 Å². The molecule has 0 fully saturated rings. The van der Waals surface area contributed by atoms with E-state index in [1.807, 2.05) is 6.07 Å². The molecule has 2 rings (SSSR count). The van der Waals surface area contributed by atoms with E-state index >= 15 is 0 Å². The van der Waals surface area contributed by atoms with Gasteiger partial charge in [-0.05, 0) is 37.7 Å². The summed E-state index contributed by atoms with van der Waals surface area (Å²) in [5.41, 5.74) is 0.271. The SMILES string of the molecule is CCOc1cc(C(=O)NCc2ccc(OCCN(CC)CC)c(OC)c2)c([N+](=O)[O-])cc1OC. The van der Waals surface area contributed by atoms with Gasteiger partial charge in [-0.3, -0.25) is 14.9 Å². The first-order valence-electron chi connectivity index (χ1n) is 11.2. The maximum atomic E-state index is 12.8. The Morgan fingerprint density at radius 1 is 0.971 bits per heavy atom. The molecule has 1 N–H and O–H groups in total. The number of benzene rings is 2. The summed E-state index contributed by atoms with van der Waals surface area (Å²) >= 11 is 0. The number of carbonyl (C=O) groups excluding carboxylic acids is 1. The molecule has 0 radical (unpaired) electrons. The monoisotopic (exact) mass is 475 g/mol. The second-order valence-corrected chi connectivity index (χ2v) is 7.25. The molecule has 0 bridgehead atoms. The molecule has 10 nitrogen and oxygen atoms in total. The van der Waals surface area contributed by atoms with Crippen molar-refractivity contribution >= 4 is 11.6 Å². The lowest BCUT2D eigenvalue weighted by Crippen LogP contribution is -2.28. The number of nitrogens with one attached hydrogen (secondary N) is 1. The maximum absolute atomic E-state index is 12.8. The minimum absolute atomic E-state index is 0.113. The molecule has 0 unspecified atom stereocenters. The lowest BCUT2D eigenvalue weighted by Gasteiger charge is -2.19. The normalized spacial score (nSPS) is 10.6. The number of likely N-dealkylation sites (N-methyl/N-ethyl adjacent to an activating group) is 1. The second-order valence-electron chi connectivity index (χ2n) is 7.25. The minimum Gasteiger partial charge on any atom is -0.493 e. The molecule has 2 aromatic rings. The van der Waals surface area contributed by atoms with Crippen molar-refractivity contribution in [1.29, 1.82) is 0 Å². The molecule has 0 aromatic heterocycles. The summed E-state index contributed by atoms with van der Waals surface area (Å²) in [6.45, 7) is 9.67. The standard InChI is InChI=1S/C24H33N3O7/c1-6-26(7-2)11-12-34-20-10-9-17(13-21(20)31-4)16-25-24(28)18-14-23(33-8-3)22(32-5)15-19(18)27(29)30/h9-10,13-15H,6-8,11-12,16H2,1-5H3,(H,25,28). The minimum atomic E-state index is -0.624. The first kappa shape index (κ1) is 26.7. The first-order valence-corrected chi connectivity index (χ1v) is 11.2. The fourth-order valence-electron chi connectivity index (χ4n) is 3.35. The van der Waals surface area contributed by atoms with Gasteiger partial charge in [0, 0.05) is 19.2 Å². The molecule has 0 saturated heterocycles. The van der Waals surface area contributed by atoms with Crippen LogP contribution < -0.4 is 24.3 Å². The van der Waals surface area contributed by atoms with Gasteiger partial charge in [-0.1, -0.05) is 19.9 Å². The molecule has 186 valence electrons. The molecule has 0 spiro atoms. The summed E-state index contributed by atoms with van der Waals surface area (Å²) in [5.74, 6) is 0.992. The highest BCUT2D eigenvalue weighted by molar-refractivity contribution is 5.99. The highest BCUT2D eigenvalue weighted by Gasteiger charge is 2.24. The molecule has 0 atom stereocenters. The van der Waals surface area contributed by atoms with Crippen molar-refractivity contribution in [3.8, 4) is 23.0 Å². The molecule has 0 saturated carbocycles. The Balaban J connectivity index is 2.13. The second kappa shape index (κ2) is 13.2. The average Bonchev–Trinajstić information content (AvgIpc) is 2.85. The van der Waals surface area contributed by atoms with E-state index < -0.39 is 10.8 Å². The zero-order valence-corrected chi connectivity index (χ0v) is 20.4. The quantitative estimate of drug-likeness (QED) is 0.325. The molecule has 34 heavy (non-hydrogen) atoms. The highest BCUT2D eigenvalue weighted by Crippen LogP contribution is 2.35. The van der Waals surface area contributed by atoms with Crippen molar-refractivity contribution < 1.29 is 28.7 Å². The van der Waals surface area contributed by atoms with E-state index in [1.54, 1.807) is 26.2 Å². The summed E-state index contributed by atoms with van der Waals surface area (Å²) in [6, 6.07) is 7.87. The molecule has 0 aliphatic rings. The van der Waals surface area contributed by atoms with Crippen LogP contribution in [0.1, 0.15) is 36.7 Å². The number of ether oxygens (including phenoxy) is 4. The van der Waals surface area contributed by atoms with Crippen LogP contribution in [0.4, 0.5) is 5.69 Å². The van der Waals surface area contributed by atoms with Crippen LogP contribution >= 0.6 is 0 Å². The van der Waals surface area contributed by atoms with Crippen LogP contribution in [0.3, 0.4) is 0 Å². The van der Waals surface area contributed by atoms with E-state index in [9.17, 15) is 14.9 Å². The predicted octanol–water partition coefficient (Wildman–Crippen LogP) is 3.66. The van der Waals surface area contributed by atoms with Crippen LogP contribution in [-0.4, -0.2) is 62.8 Å². The third-order valence-electron chi connectivity index (χ3n) is 5.26. The maximum Gasteiger partial charge on any atom is 0.286 e. The molecule has 2 aromatic carbocycles. The van der Waals surface area contributed by atoms with Crippen LogP contribution in [0.25, 0.3) is 0 Å². The third kappa shape index (κ3) is 6.98. The van der Waals surface area contributed by atoms with E-state index in [0.717, 1.165) is 25.2 Å². The van der Waals surface area contributed by atoms with Crippen molar-refractivity contribution in [1.82, 2.24) is 10.2 Å². The molecule has 1 amide bonds. The number of nitro groups is 1. The third-order valence-corrected chi connectivity index (χ3v) is 5.26. The van der Waals surface area contributed by atoms with Crippen molar-refractivity contribution in [2.75, 3.05) is 47.1 Å². The Hall–Kier alpha value is -3.53. The van der Waals surface area contributed by atoms with Crippen molar-refractivity contribution in [3.63, 3.8) is 0 Å². The fraction of sp³-hybridized carbons (Fsp3) is 0.458. The number of carbonyl (C=O) groups is 1. The fourth-order valence-corrected chi connectivity index (χ4v) is 3.35. The van der Waals surface area contributed by atoms with Gasteiger partial charge in [-0.2, -0.15) is 0 Å². The number of methoxy groups -OCH3 is 2. The van der Waals surface area contributed by atoms with E-state index in [0.29, 0.717) is 24.7 Å². The number of nitro benzene ring substituents is 1. The number of rotatable bonds is 14. The number of nitrogens with zero attached hydrogens (tertiary/aromatic N) is 2. The van der Waals surface area contributed by atoms with Gasteiger partial charge in [0.1, 0.15) is 12.2 Å². The zero-order chi connectivity index (χ0) is 25.1. The van der Waals surface area contributed by atoms with Gasteiger partial charge in [0.05, 0.1) is 31.8 Å². The zero-order valence-electron chi connectivity index (χ0n) is 20.4. The lowest BCUT2D eigenvalue weighted by molar-refractivity contribution is -0.385. The first-order chi connectivity index (χ1) is 16.4. The van der Waals surface area contributed by atoms with Gasteiger partial charge < -0.3 is 29.2 Å². The van der Waals surface area contributed by atoms with Gasteiger partial charge in [-0.15, -0.1) is 0 Å². The van der Waals surface area contributed by atoms with Gasteiger partial charge >= 0.3 is 0 Å². The van der Waals surface area contributed by atoms with Crippen molar-refractivity contribution in [2.24, 2.45) is 0 Å².